The second kappa shape index (κ2) is 15.1. The normalized spacial score (nSPS) is 15.9. The first-order valence-corrected chi connectivity index (χ1v) is 15.2. The number of ketones is 2. The van der Waals surface area contributed by atoms with Crippen LogP contribution in [-0.2, 0) is 40.5 Å². The first-order chi connectivity index (χ1) is 21.8. The third kappa shape index (κ3) is 10.1. The highest BCUT2D eigenvalue weighted by Crippen LogP contribution is 2.28. The van der Waals surface area contributed by atoms with Crippen LogP contribution < -0.4 is 10.1 Å². The van der Waals surface area contributed by atoms with Crippen LogP contribution in [0.5, 0.6) is 5.75 Å². The number of esters is 1. The van der Waals surface area contributed by atoms with E-state index in [9.17, 15) is 41.5 Å². The van der Waals surface area contributed by atoms with Crippen LogP contribution >= 0.6 is 0 Å². The number of benzene rings is 2. The van der Waals surface area contributed by atoms with Crippen molar-refractivity contribution < 1.29 is 51.0 Å². The average Bonchev–Trinajstić information content (AvgIpc) is 2.98. The number of ether oxygens (including phenoxy) is 2. The van der Waals surface area contributed by atoms with Crippen molar-refractivity contribution in [3.05, 3.63) is 64.7 Å². The fraction of sp³-hybridized carbons (Fsp3) is 0.500. The van der Waals surface area contributed by atoms with Crippen LogP contribution in [0.3, 0.4) is 0 Å². The summed E-state index contributed by atoms with van der Waals surface area (Å²) in [4.78, 5) is 66.5. The van der Waals surface area contributed by atoms with E-state index in [1.165, 1.54) is 4.90 Å². The molecule has 1 aliphatic rings. The van der Waals surface area contributed by atoms with Crippen molar-refractivity contribution in [1.82, 2.24) is 10.2 Å². The number of Topliss-reactive ketones (excluding diaryl/α,β-unsaturated/α-hetero) is 2. The number of halogens is 4. The summed E-state index contributed by atoms with van der Waals surface area (Å²) in [6, 6.07) is 5.68. The van der Waals surface area contributed by atoms with Crippen LogP contribution in [0.15, 0.2) is 30.3 Å². The largest absolute Gasteiger partial charge is 0.479 e. The summed E-state index contributed by atoms with van der Waals surface area (Å²) in [5.74, 6) is -13.7. The molecule has 2 amide bonds. The molecule has 0 unspecified atom stereocenters. The molecule has 0 aliphatic carbocycles. The van der Waals surface area contributed by atoms with Crippen molar-refractivity contribution >= 4 is 29.4 Å². The minimum Gasteiger partial charge on any atom is -0.479 e. The summed E-state index contributed by atoms with van der Waals surface area (Å²) in [7, 11) is 0. The van der Waals surface area contributed by atoms with E-state index < -0.39 is 89.0 Å². The zero-order valence-electron chi connectivity index (χ0n) is 27.3. The van der Waals surface area contributed by atoms with E-state index in [0.717, 1.165) is 11.1 Å². The van der Waals surface area contributed by atoms with Crippen LogP contribution in [-0.4, -0.2) is 65.6 Å². The smallest absolute Gasteiger partial charge is 0.308 e. The fourth-order valence-corrected chi connectivity index (χ4v) is 5.21. The summed E-state index contributed by atoms with van der Waals surface area (Å²) in [6.45, 7) is 9.64. The van der Waals surface area contributed by atoms with Crippen LogP contribution in [0.25, 0.3) is 0 Å². The zero-order chi connectivity index (χ0) is 35.3. The van der Waals surface area contributed by atoms with E-state index in [4.69, 9.17) is 9.47 Å². The number of likely N-dealkylation sites (tertiary alicyclic amines) is 1. The molecule has 13 heteroatoms. The highest BCUT2D eigenvalue weighted by molar-refractivity contribution is 6.36. The molecule has 256 valence electrons. The molecule has 9 nitrogen and oxygen atoms in total. The van der Waals surface area contributed by atoms with Gasteiger partial charge in [-0.3, -0.25) is 24.0 Å². The summed E-state index contributed by atoms with van der Waals surface area (Å²) >= 11 is 0. The predicted octanol–water partition coefficient (Wildman–Crippen LogP) is 4.76. The van der Waals surface area contributed by atoms with Gasteiger partial charge in [-0.05, 0) is 50.2 Å². The van der Waals surface area contributed by atoms with Gasteiger partial charge in [0, 0.05) is 25.6 Å². The van der Waals surface area contributed by atoms with Gasteiger partial charge >= 0.3 is 5.97 Å². The van der Waals surface area contributed by atoms with Gasteiger partial charge in [0.1, 0.15) is 18.2 Å². The van der Waals surface area contributed by atoms with E-state index in [2.05, 4.69) is 5.32 Å². The highest BCUT2D eigenvalue weighted by Gasteiger charge is 2.35. The number of piperidine rings is 1. The van der Waals surface area contributed by atoms with Crippen LogP contribution in [0.1, 0.15) is 71.9 Å². The number of nitrogens with one attached hydrogen (secondary N) is 1. The Morgan fingerprint density at radius 3 is 2.17 bits per heavy atom. The lowest BCUT2D eigenvalue weighted by Crippen LogP contribution is -2.52. The Balaban J connectivity index is 1.73. The third-order valence-corrected chi connectivity index (χ3v) is 7.42. The van der Waals surface area contributed by atoms with Gasteiger partial charge < -0.3 is 19.7 Å². The van der Waals surface area contributed by atoms with E-state index in [1.807, 2.05) is 32.9 Å². The van der Waals surface area contributed by atoms with Gasteiger partial charge in [-0.25, -0.2) is 8.78 Å². The fourth-order valence-electron chi connectivity index (χ4n) is 5.21. The number of rotatable bonds is 11. The van der Waals surface area contributed by atoms with E-state index in [-0.39, 0.29) is 31.0 Å². The van der Waals surface area contributed by atoms with Gasteiger partial charge in [0.15, 0.2) is 23.2 Å². The van der Waals surface area contributed by atoms with Gasteiger partial charge in [-0.15, -0.1) is 0 Å². The van der Waals surface area contributed by atoms with Gasteiger partial charge in [-0.2, -0.15) is 8.78 Å². The molecule has 0 saturated carbocycles. The quantitative estimate of drug-likeness (QED) is 0.159. The molecule has 0 bridgehead atoms. The number of amides is 2. The Labute approximate surface area is 271 Å². The van der Waals surface area contributed by atoms with Gasteiger partial charge in [0.2, 0.25) is 23.3 Å². The minimum absolute atomic E-state index is 0.0263. The maximum atomic E-state index is 14.1. The summed E-state index contributed by atoms with van der Waals surface area (Å²) in [6.07, 6.45) is -0.163. The van der Waals surface area contributed by atoms with Crippen molar-refractivity contribution in [3.63, 3.8) is 0 Å². The van der Waals surface area contributed by atoms with Crippen molar-refractivity contribution in [1.29, 1.82) is 0 Å². The Morgan fingerprint density at radius 1 is 0.957 bits per heavy atom. The van der Waals surface area contributed by atoms with Crippen LogP contribution in [0, 0.1) is 29.2 Å². The monoisotopic (exact) mass is 664 g/mol. The van der Waals surface area contributed by atoms with Crippen molar-refractivity contribution in [2.24, 2.45) is 5.92 Å². The topological polar surface area (TPSA) is 119 Å². The standard InChI is InChI=1S/C34H40F4N2O7/c1-33(2,3)21-12-8-7-10-19(21)14-25(41)32(45)40-13-9-11-20(17-40)31(44)39-24(16-27(43)47-34(4,5)6)26(42)18-46-30-28(37)22(35)15-23(36)29(30)38/h7-8,10,12,15,20,24H,9,11,13-14,16-18H2,1-6H3,(H,39,44)/t20-,24+/m1/s1. The summed E-state index contributed by atoms with van der Waals surface area (Å²) in [5.41, 5.74) is 0.425. The minimum atomic E-state index is -1.87. The Morgan fingerprint density at radius 2 is 1.57 bits per heavy atom. The molecular weight excluding hydrogens is 624 g/mol. The predicted molar refractivity (Wildman–Crippen MR) is 162 cm³/mol. The molecule has 1 aliphatic heterocycles. The molecule has 1 N–H and O–H groups in total. The maximum absolute atomic E-state index is 14.1. The summed E-state index contributed by atoms with van der Waals surface area (Å²) < 4.78 is 65.4. The number of nitrogens with zero attached hydrogens (tertiary/aromatic N) is 1. The second-order valence-corrected chi connectivity index (χ2v) is 13.5. The van der Waals surface area contributed by atoms with Gasteiger partial charge in [-0.1, -0.05) is 45.0 Å². The van der Waals surface area contributed by atoms with Crippen molar-refractivity contribution in [2.45, 2.75) is 84.3 Å². The van der Waals surface area contributed by atoms with E-state index in [0.29, 0.717) is 12.8 Å². The zero-order valence-corrected chi connectivity index (χ0v) is 27.3. The molecule has 0 spiro atoms. The molecular formula is C34H40F4N2O7. The second-order valence-electron chi connectivity index (χ2n) is 13.5. The Bertz CT molecular complexity index is 1510. The lowest BCUT2D eigenvalue weighted by atomic mass is 9.82. The molecule has 1 heterocycles. The lowest BCUT2D eigenvalue weighted by molar-refractivity contribution is -0.156. The first kappa shape index (κ1) is 37.2. The third-order valence-electron chi connectivity index (χ3n) is 7.42. The highest BCUT2D eigenvalue weighted by atomic mass is 19.2. The lowest BCUT2D eigenvalue weighted by Gasteiger charge is -2.32. The summed E-state index contributed by atoms with van der Waals surface area (Å²) in [5, 5.41) is 2.42. The maximum Gasteiger partial charge on any atom is 0.308 e. The Kier molecular flexibility index (Phi) is 11.9. The molecule has 2 aromatic rings. The van der Waals surface area contributed by atoms with E-state index in [1.54, 1.807) is 32.9 Å². The molecule has 0 radical (unpaired) electrons. The van der Waals surface area contributed by atoms with Crippen LogP contribution in [0.4, 0.5) is 17.6 Å². The molecule has 47 heavy (non-hydrogen) atoms. The van der Waals surface area contributed by atoms with Gasteiger partial charge in [0.05, 0.1) is 12.3 Å². The molecule has 0 aromatic heterocycles. The SMILES string of the molecule is CC(C)(C)OC(=O)C[C@H](NC(=O)[C@@H]1CCCN(C(=O)C(=O)Cc2ccccc2C(C)(C)C)C1)C(=O)COc1c(F)c(F)cc(F)c1F. The molecule has 2 atom stereocenters. The molecule has 1 saturated heterocycles. The first-order valence-electron chi connectivity index (χ1n) is 15.2. The van der Waals surface area contributed by atoms with Gasteiger partial charge in [0.25, 0.3) is 5.91 Å². The average molecular weight is 665 g/mol. The van der Waals surface area contributed by atoms with Crippen molar-refractivity contribution in [2.75, 3.05) is 19.7 Å². The number of carbonyl (C=O) groups excluding carboxylic acids is 5. The van der Waals surface area contributed by atoms with Crippen molar-refractivity contribution in [3.8, 4) is 5.75 Å². The number of hydrogen-bond donors (Lipinski definition) is 1. The Hall–Kier alpha value is -4.29. The number of hydrogen-bond acceptors (Lipinski definition) is 7. The van der Waals surface area contributed by atoms with E-state index >= 15 is 0 Å². The molecule has 3 rings (SSSR count). The number of carbonyl (C=O) groups is 5. The molecule has 1 fully saturated rings. The van der Waals surface area contributed by atoms with Crippen LogP contribution in [0.2, 0.25) is 0 Å². The molecule has 2 aromatic carbocycles.